The van der Waals surface area contributed by atoms with Gasteiger partial charge in [-0.05, 0) is 19.3 Å². The zero-order valence-corrected chi connectivity index (χ0v) is 49.5. The van der Waals surface area contributed by atoms with Crippen molar-refractivity contribution in [1.29, 1.82) is 0 Å². The van der Waals surface area contributed by atoms with Gasteiger partial charge in [-0.1, -0.05) is 19.7 Å². The van der Waals surface area contributed by atoms with Crippen LogP contribution in [0.2, 0.25) is 77.1 Å². The number of ether oxygens (including phenoxy) is 3. The third-order valence-corrected chi connectivity index (χ3v) is 57.3. The van der Waals surface area contributed by atoms with Crippen molar-refractivity contribution in [2.24, 2.45) is 0 Å². The standard InChI is InChI=1S/C27H58O26Si12/c1-13-25(28)35-19-16-22-63-43-57(7,34)39-56(6,33)42-60(10,47-63)48-65(24-18-21-37-27(30)15-3)50-61(11)45-58(8)40-54(4,31)38-55(5,32)41-59(9,44-58)46-64(49-61,52-62(12,51-63)53-65)23-17-20-36-26(29)14-2/h13-15,31-34H,1-3,16-24H2,4-12H3. The molecule has 5 saturated heterocycles. The highest BCUT2D eigenvalue weighted by Gasteiger charge is 2.77. The molecule has 4 N–H and O–H groups in total. The minimum absolute atomic E-state index is 0.0153. The Kier molecular flexibility index (Phi) is 17.0. The van der Waals surface area contributed by atoms with Crippen molar-refractivity contribution in [3.63, 3.8) is 0 Å². The molecule has 370 valence electrons. The summed E-state index contributed by atoms with van der Waals surface area (Å²) < 4.78 is 122. The lowest BCUT2D eigenvalue weighted by Crippen LogP contribution is -2.83. The SMILES string of the molecule is C=CC(=O)OCCC[Si]12O[Si](C)(O)O[Si](C)(O)O[Si](C)(O1)O[Si]1(CCCOC(=O)C=C)O[Si]3(C)O[Si]4(C)O[Si](C)(O)O[Si](C)(O)O[Si](C)(O4)O[Si](CCCOC(=O)C=C)(O3)O[Si](C)(O2)O1. The maximum absolute atomic E-state index is 12.2. The highest BCUT2D eigenvalue weighted by atomic mass is 28.6. The number of hydrogen-bond acceptors (Lipinski definition) is 26. The minimum Gasteiger partial charge on any atom is -0.463 e. The van der Waals surface area contributed by atoms with Gasteiger partial charge in [0.15, 0.2) is 0 Å². The first-order valence-corrected chi connectivity index (χ1v) is 46.1. The molecule has 5 fully saturated rings. The molecule has 0 saturated carbocycles. The van der Waals surface area contributed by atoms with Crippen LogP contribution < -0.4 is 0 Å². The van der Waals surface area contributed by atoms with Crippen molar-refractivity contribution < 1.29 is 114 Å². The largest absolute Gasteiger partial charge is 0.480 e. The molecule has 0 spiro atoms. The van der Waals surface area contributed by atoms with E-state index in [0.29, 0.717) is 0 Å². The molecule has 38 heteroatoms. The second-order valence-corrected chi connectivity index (χ2v) is 50.5. The first kappa shape index (κ1) is 55.4. The van der Waals surface area contributed by atoms with E-state index in [0.717, 1.165) is 18.2 Å². The normalized spacial score (nSPS) is 45.4. The lowest BCUT2D eigenvalue weighted by Gasteiger charge is -2.57. The maximum atomic E-state index is 12.2. The summed E-state index contributed by atoms with van der Waals surface area (Å²) in [6, 6.07) is -0.689. The van der Waals surface area contributed by atoms with Crippen LogP contribution in [-0.2, 0) is 94.4 Å². The molecule has 0 aromatic carbocycles. The van der Waals surface area contributed by atoms with E-state index in [1.807, 2.05) is 0 Å². The van der Waals surface area contributed by atoms with Crippen LogP contribution in [0.4, 0.5) is 0 Å². The predicted molar refractivity (Wildman–Crippen MR) is 240 cm³/mol. The molecule has 8 bridgehead atoms. The molecule has 0 aliphatic carbocycles. The molecule has 12 atom stereocenters. The predicted octanol–water partition coefficient (Wildman–Crippen LogP) is 0.582. The molecular weight excluding hydrogens is 1080 g/mol. The summed E-state index contributed by atoms with van der Waals surface area (Å²) in [5.74, 6) is -2.18. The number of rotatable bonds is 15. The van der Waals surface area contributed by atoms with E-state index in [-0.39, 0.29) is 57.2 Å². The van der Waals surface area contributed by atoms with E-state index in [1.54, 1.807) is 0 Å². The van der Waals surface area contributed by atoms with Gasteiger partial charge < -0.3 is 99.2 Å². The molecular formula is C27H58O26Si12. The zero-order chi connectivity index (χ0) is 48.7. The van der Waals surface area contributed by atoms with Crippen LogP contribution in [-0.4, -0.2) is 163 Å². The fourth-order valence-electron chi connectivity index (χ4n) is 7.56. The fraction of sp³-hybridized carbons (Fsp3) is 0.667. The lowest BCUT2D eigenvalue weighted by atomic mass is 10.5. The summed E-state index contributed by atoms with van der Waals surface area (Å²) in [6.07, 6.45) is 2.88. The lowest BCUT2D eigenvalue weighted by molar-refractivity contribution is -0.138. The van der Waals surface area contributed by atoms with Gasteiger partial charge in [0.25, 0.3) is 0 Å². The smallest absolute Gasteiger partial charge is 0.463 e. The Bertz CT molecular complexity index is 1810. The number of fused-ring (bicyclic) bond motifs is 8. The summed E-state index contributed by atoms with van der Waals surface area (Å²) >= 11 is 0. The van der Waals surface area contributed by atoms with Gasteiger partial charge in [0.2, 0.25) is 0 Å². The number of carbonyl (C=O) groups excluding carboxylic acids is 3. The van der Waals surface area contributed by atoms with Gasteiger partial charge in [0.1, 0.15) is 0 Å². The summed E-state index contributed by atoms with van der Waals surface area (Å²) in [5.41, 5.74) is 0. The summed E-state index contributed by atoms with van der Waals surface area (Å²) in [5, 5.41) is 0. The van der Waals surface area contributed by atoms with Crippen LogP contribution in [0.25, 0.3) is 0 Å². The summed E-state index contributed by atoms with van der Waals surface area (Å²) in [6.45, 7) is 21.6. The third-order valence-electron chi connectivity index (χ3n) is 8.81. The molecule has 0 aromatic rings. The summed E-state index contributed by atoms with van der Waals surface area (Å²) in [7, 11) is -54.5. The molecule has 0 amide bonds. The molecule has 5 aliphatic heterocycles. The van der Waals surface area contributed by atoms with Gasteiger partial charge in [0, 0.05) is 95.3 Å². The van der Waals surface area contributed by atoms with Crippen LogP contribution in [0.3, 0.4) is 0 Å². The van der Waals surface area contributed by atoms with Gasteiger partial charge >= 0.3 is 124 Å². The van der Waals surface area contributed by atoms with Crippen molar-refractivity contribution in [3.8, 4) is 0 Å². The Morgan fingerprint density at radius 3 is 0.877 bits per heavy atom. The fourth-order valence-corrected chi connectivity index (χ4v) is 67.8. The Morgan fingerprint density at radius 2 is 0.585 bits per heavy atom. The summed E-state index contributed by atoms with van der Waals surface area (Å²) in [4.78, 5) is 82.6. The van der Waals surface area contributed by atoms with Crippen LogP contribution in [0.5, 0.6) is 0 Å². The van der Waals surface area contributed by atoms with Gasteiger partial charge in [-0.2, -0.15) is 0 Å². The average molecular weight is 1140 g/mol. The van der Waals surface area contributed by atoms with Crippen molar-refractivity contribution in [1.82, 2.24) is 0 Å². The van der Waals surface area contributed by atoms with Crippen molar-refractivity contribution >= 4 is 124 Å². The molecule has 5 rings (SSSR count). The maximum Gasteiger partial charge on any atom is 0.480 e. The number of carbonyl (C=O) groups is 3. The van der Waals surface area contributed by atoms with E-state index in [4.69, 9.17) is 80.1 Å². The molecule has 26 nitrogen and oxygen atoms in total. The van der Waals surface area contributed by atoms with E-state index in [2.05, 4.69) is 19.7 Å². The van der Waals surface area contributed by atoms with E-state index in [1.165, 1.54) is 58.9 Å². The Labute approximate surface area is 389 Å². The number of esters is 3. The molecule has 12 unspecified atom stereocenters. The monoisotopic (exact) mass is 1130 g/mol. The van der Waals surface area contributed by atoms with Crippen LogP contribution in [0, 0.1) is 0 Å². The van der Waals surface area contributed by atoms with Crippen LogP contribution in [0.1, 0.15) is 19.3 Å². The van der Waals surface area contributed by atoms with Crippen molar-refractivity contribution in [2.45, 2.75) is 96.3 Å². The molecule has 0 aromatic heterocycles. The number of hydrogen-bond donors (Lipinski definition) is 4. The Morgan fingerprint density at radius 1 is 0.369 bits per heavy atom. The van der Waals surface area contributed by atoms with Crippen molar-refractivity contribution in [3.05, 3.63) is 38.0 Å². The molecule has 65 heavy (non-hydrogen) atoms. The van der Waals surface area contributed by atoms with Crippen LogP contribution >= 0.6 is 0 Å². The second-order valence-electron chi connectivity index (χ2n) is 16.0. The average Bonchev–Trinajstić information content (AvgIpc) is 3.07. The Hall–Kier alpha value is -0.567. The van der Waals surface area contributed by atoms with E-state index in [9.17, 15) is 33.6 Å². The first-order valence-electron chi connectivity index (χ1n) is 20.2. The first-order chi connectivity index (χ1) is 29.7. The van der Waals surface area contributed by atoms with E-state index >= 15 is 0 Å². The second kappa shape index (κ2) is 19.9. The zero-order valence-electron chi connectivity index (χ0n) is 37.5. The topological polar surface area (TPSA) is 308 Å². The van der Waals surface area contributed by atoms with Crippen molar-refractivity contribution in [2.75, 3.05) is 19.8 Å². The molecule has 5 aliphatic rings. The van der Waals surface area contributed by atoms with Gasteiger partial charge in [-0.25, -0.2) is 14.4 Å². The quantitative estimate of drug-likeness (QED) is 0.0573. The highest BCUT2D eigenvalue weighted by molar-refractivity contribution is 7.00. The minimum atomic E-state index is -4.73. The van der Waals surface area contributed by atoms with E-state index < -0.39 is 124 Å². The van der Waals surface area contributed by atoms with Gasteiger partial charge in [0.05, 0.1) is 19.8 Å². The van der Waals surface area contributed by atoms with Gasteiger partial charge in [-0.3, -0.25) is 0 Å². The highest BCUT2D eigenvalue weighted by Crippen LogP contribution is 2.48. The molecule has 5 heterocycles. The third kappa shape index (κ3) is 15.2. The van der Waals surface area contributed by atoms with Gasteiger partial charge in [-0.15, -0.1) is 0 Å². The molecule has 0 radical (unpaired) electrons. The van der Waals surface area contributed by atoms with Crippen LogP contribution in [0.15, 0.2) is 38.0 Å². The Balaban J connectivity index is 1.75.